The minimum Gasteiger partial charge on any atom is -0.375 e. The van der Waals surface area contributed by atoms with Gasteiger partial charge in [0.05, 0.1) is 11.8 Å². The van der Waals surface area contributed by atoms with E-state index in [2.05, 4.69) is 52.5 Å². The lowest BCUT2D eigenvalue weighted by atomic mass is 10.1. The van der Waals surface area contributed by atoms with Crippen LogP contribution in [0.3, 0.4) is 0 Å². The van der Waals surface area contributed by atoms with Crippen molar-refractivity contribution in [1.82, 2.24) is 20.0 Å². The molecule has 0 aliphatic carbocycles. The van der Waals surface area contributed by atoms with Gasteiger partial charge in [-0.2, -0.15) is 5.10 Å². The molecule has 0 saturated heterocycles. The molecule has 0 amide bonds. The van der Waals surface area contributed by atoms with Crippen LogP contribution in [0.2, 0.25) is 0 Å². The SMILES string of the molecule is CN=C(NCC(OC)c1ccccc1)N(C)Cc1cn(C)nc1C(C)C. The lowest BCUT2D eigenvalue weighted by Gasteiger charge is -2.24. The van der Waals surface area contributed by atoms with Crippen molar-refractivity contribution >= 4 is 5.96 Å². The van der Waals surface area contributed by atoms with Crippen molar-refractivity contribution in [3.63, 3.8) is 0 Å². The number of methoxy groups -OCH3 is 1. The van der Waals surface area contributed by atoms with Gasteiger partial charge in [-0.1, -0.05) is 44.2 Å². The Morgan fingerprint density at radius 2 is 2.00 bits per heavy atom. The highest BCUT2D eigenvalue weighted by Gasteiger charge is 2.16. The Balaban J connectivity index is 2.02. The molecular weight excluding hydrogens is 326 g/mol. The number of hydrogen-bond acceptors (Lipinski definition) is 3. The summed E-state index contributed by atoms with van der Waals surface area (Å²) >= 11 is 0. The fourth-order valence-electron chi connectivity index (χ4n) is 3.07. The van der Waals surface area contributed by atoms with Crippen LogP contribution in [0.5, 0.6) is 0 Å². The van der Waals surface area contributed by atoms with Gasteiger partial charge in [-0.25, -0.2) is 0 Å². The van der Waals surface area contributed by atoms with Gasteiger partial charge in [-0.3, -0.25) is 9.67 Å². The number of rotatable bonds is 7. The molecule has 6 nitrogen and oxygen atoms in total. The van der Waals surface area contributed by atoms with Gasteiger partial charge in [0.1, 0.15) is 0 Å². The van der Waals surface area contributed by atoms with Crippen LogP contribution in [0.1, 0.15) is 42.7 Å². The molecule has 2 rings (SSSR count). The zero-order valence-electron chi connectivity index (χ0n) is 16.7. The van der Waals surface area contributed by atoms with E-state index in [4.69, 9.17) is 4.74 Å². The third kappa shape index (κ3) is 5.08. The summed E-state index contributed by atoms with van der Waals surface area (Å²) in [6, 6.07) is 10.2. The van der Waals surface area contributed by atoms with E-state index in [-0.39, 0.29) is 6.10 Å². The third-order valence-electron chi connectivity index (χ3n) is 4.37. The minimum atomic E-state index is -0.0223. The quantitative estimate of drug-likeness (QED) is 0.611. The Morgan fingerprint density at radius 1 is 1.31 bits per heavy atom. The van der Waals surface area contributed by atoms with Gasteiger partial charge in [0.2, 0.25) is 0 Å². The van der Waals surface area contributed by atoms with Crippen LogP contribution in [-0.4, -0.2) is 48.4 Å². The van der Waals surface area contributed by atoms with Crippen molar-refractivity contribution in [1.29, 1.82) is 0 Å². The minimum absolute atomic E-state index is 0.0223. The Bertz CT molecular complexity index is 708. The number of nitrogens with zero attached hydrogens (tertiary/aromatic N) is 4. The molecular formula is C20H31N5O. The van der Waals surface area contributed by atoms with E-state index in [1.165, 1.54) is 5.56 Å². The second-order valence-corrected chi connectivity index (χ2v) is 6.79. The van der Waals surface area contributed by atoms with Crippen LogP contribution in [0, 0.1) is 0 Å². The molecule has 0 aliphatic rings. The summed E-state index contributed by atoms with van der Waals surface area (Å²) in [5, 5.41) is 8.00. The highest BCUT2D eigenvalue weighted by atomic mass is 16.5. The Kier molecular flexibility index (Phi) is 7.21. The van der Waals surface area contributed by atoms with E-state index in [1.807, 2.05) is 37.0 Å². The number of aryl methyl sites for hydroxylation is 1. The Hall–Kier alpha value is -2.34. The molecule has 26 heavy (non-hydrogen) atoms. The van der Waals surface area contributed by atoms with Crippen molar-refractivity contribution in [2.24, 2.45) is 12.0 Å². The first kappa shape index (κ1) is 20.0. The number of aliphatic imine (C=N–C) groups is 1. The van der Waals surface area contributed by atoms with Gasteiger partial charge in [0, 0.05) is 53.1 Å². The zero-order chi connectivity index (χ0) is 19.1. The maximum absolute atomic E-state index is 5.63. The summed E-state index contributed by atoms with van der Waals surface area (Å²) in [5.41, 5.74) is 3.50. The molecule has 0 saturated carbocycles. The summed E-state index contributed by atoms with van der Waals surface area (Å²) in [6.07, 6.45) is 2.06. The van der Waals surface area contributed by atoms with Crippen LogP contribution in [0.25, 0.3) is 0 Å². The van der Waals surface area contributed by atoms with Gasteiger partial charge in [0.25, 0.3) is 0 Å². The average Bonchev–Trinajstić information content (AvgIpc) is 3.00. The number of aromatic nitrogens is 2. The van der Waals surface area contributed by atoms with Crippen molar-refractivity contribution in [3.8, 4) is 0 Å². The Labute approximate surface area is 156 Å². The van der Waals surface area contributed by atoms with Gasteiger partial charge in [-0.15, -0.1) is 0 Å². The highest BCUT2D eigenvalue weighted by molar-refractivity contribution is 5.79. The van der Waals surface area contributed by atoms with Gasteiger partial charge in [0.15, 0.2) is 5.96 Å². The molecule has 1 N–H and O–H groups in total. The van der Waals surface area contributed by atoms with E-state index in [1.54, 1.807) is 14.2 Å². The standard InChI is InChI=1S/C20H31N5O/c1-15(2)19-17(14-25(5)23-19)13-24(4)20(21-3)22-12-18(26-6)16-10-8-7-9-11-16/h7-11,14-15,18H,12-13H2,1-6H3,(H,21,22). The smallest absolute Gasteiger partial charge is 0.193 e. The molecule has 6 heteroatoms. The number of benzene rings is 1. The van der Waals surface area contributed by atoms with E-state index in [9.17, 15) is 0 Å². The maximum Gasteiger partial charge on any atom is 0.193 e. The van der Waals surface area contributed by atoms with Crippen LogP contribution >= 0.6 is 0 Å². The van der Waals surface area contributed by atoms with Crippen LogP contribution in [0.15, 0.2) is 41.5 Å². The second kappa shape index (κ2) is 9.38. The highest BCUT2D eigenvalue weighted by Crippen LogP contribution is 2.19. The molecule has 2 aromatic rings. The fraction of sp³-hybridized carbons (Fsp3) is 0.500. The molecule has 142 valence electrons. The van der Waals surface area contributed by atoms with Crippen LogP contribution in [-0.2, 0) is 18.3 Å². The number of ether oxygens (including phenoxy) is 1. The number of guanidine groups is 1. The third-order valence-corrected chi connectivity index (χ3v) is 4.37. The molecule has 1 unspecified atom stereocenters. The van der Waals surface area contributed by atoms with Gasteiger partial charge >= 0.3 is 0 Å². The summed E-state index contributed by atoms with van der Waals surface area (Å²) in [4.78, 5) is 6.53. The molecule has 1 heterocycles. The predicted octanol–water partition coefficient (Wildman–Crippen LogP) is 2.94. The second-order valence-electron chi connectivity index (χ2n) is 6.79. The summed E-state index contributed by atoms with van der Waals surface area (Å²) in [7, 11) is 7.54. The first-order valence-corrected chi connectivity index (χ1v) is 8.98. The zero-order valence-corrected chi connectivity index (χ0v) is 16.7. The molecule has 1 atom stereocenters. The molecule has 1 aromatic heterocycles. The lowest BCUT2D eigenvalue weighted by Crippen LogP contribution is -2.40. The van der Waals surface area contributed by atoms with Gasteiger partial charge in [-0.05, 0) is 11.5 Å². The Morgan fingerprint density at radius 3 is 2.58 bits per heavy atom. The monoisotopic (exact) mass is 357 g/mol. The first-order valence-electron chi connectivity index (χ1n) is 8.98. The van der Waals surface area contributed by atoms with E-state index < -0.39 is 0 Å². The van der Waals surface area contributed by atoms with Crippen molar-refractivity contribution in [2.45, 2.75) is 32.4 Å². The van der Waals surface area contributed by atoms with E-state index >= 15 is 0 Å². The van der Waals surface area contributed by atoms with Crippen molar-refractivity contribution in [2.75, 3.05) is 27.7 Å². The van der Waals surface area contributed by atoms with Crippen LogP contribution in [0.4, 0.5) is 0 Å². The largest absolute Gasteiger partial charge is 0.375 e. The lowest BCUT2D eigenvalue weighted by molar-refractivity contribution is 0.106. The van der Waals surface area contributed by atoms with E-state index in [0.29, 0.717) is 12.5 Å². The van der Waals surface area contributed by atoms with Crippen molar-refractivity contribution < 1.29 is 4.74 Å². The molecule has 0 radical (unpaired) electrons. The molecule has 0 bridgehead atoms. The summed E-state index contributed by atoms with van der Waals surface area (Å²) in [6.45, 7) is 5.75. The van der Waals surface area contributed by atoms with Crippen LogP contribution < -0.4 is 5.32 Å². The molecule has 1 aromatic carbocycles. The number of nitrogens with one attached hydrogen (secondary N) is 1. The van der Waals surface area contributed by atoms with Crippen molar-refractivity contribution in [3.05, 3.63) is 53.3 Å². The van der Waals surface area contributed by atoms with Gasteiger partial charge < -0.3 is 15.0 Å². The fourth-order valence-corrected chi connectivity index (χ4v) is 3.07. The predicted molar refractivity (Wildman–Crippen MR) is 106 cm³/mol. The van der Waals surface area contributed by atoms with E-state index in [0.717, 1.165) is 23.8 Å². The topological polar surface area (TPSA) is 54.7 Å². The molecule has 0 aliphatic heterocycles. The normalized spacial score (nSPS) is 13.1. The average molecular weight is 358 g/mol. The first-order chi connectivity index (χ1) is 12.5. The maximum atomic E-state index is 5.63. The molecule has 0 fully saturated rings. The number of hydrogen-bond donors (Lipinski definition) is 1. The summed E-state index contributed by atoms with van der Waals surface area (Å²) < 4.78 is 7.51. The summed E-state index contributed by atoms with van der Waals surface area (Å²) in [5.74, 6) is 1.23. The molecule has 0 spiro atoms.